The van der Waals surface area contributed by atoms with Crippen molar-refractivity contribution in [3.05, 3.63) is 0 Å². The standard InChI is InChI=1S/3CH4.2H2O2.H2O/c;;;2*1-2;/h3*1H4;2*1-2H;1H2. The molecule has 0 aromatic heterocycles. The lowest BCUT2D eigenvalue weighted by molar-refractivity contribution is -0.176. The fourth-order valence-electron chi connectivity index (χ4n) is 0. The molecule has 0 spiro atoms. The molecule has 0 aromatic rings. The summed E-state index contributed by atoms with van der Waals surface area (Å²) in [6, 6.07) is 0. The molecule has 8 heavy (non-hydrogen) atoms. The number of hydrogen-bond acceptors (Lipinski definition) is 4. The zero-order valence-electron chi connectivity index (χ0n) is 2.29. The van der Waals surface area contributed by atoms with Gasteiger partial charge >= 0.3 is 0 Å². The predicted molar refractivity (Wildman–Crippen MR) is 34.3 cm³/mol. The summed E-state index contributed by atoms with van der Waals surface area (Å²) in [4.78, 5) is 0. The third-order valence-electron chi connectivity index (χ3n) is 0. The SMILES string of the molecule is C.C.C.O.OO.OO. The third-order valence-corrected chi connectivity index (χ3v) is 0. The lowest BCUT2D eigenvalue weighted by Gasteiger charge is -1.25. The van der Waals surface area contributed by atoms with Gasteiger partial charge in [-0.25, -0.2) is 0 Å². The van der Waals surface area contributed by atoms with E-state index in [0.29, 0.717) is 0 Å². The first kappa shape index (κ1) is 111. The molecule has 0 aromatic carbocycles. The minimum Gasteiger partial charge on any atom is -0.412 e. The average molecular weight is 134 g/mol. The van der Waals surface area contributed by atoms with Crippen LogP contribution < -0.4 is 0 Å². The second-order valence-electron chi connectivity index (χ2n) is 0. The van der Waals surface area contributed by atoms with Gasteiger partial charge in [0.1, 0.15) is 0 Å². The van der Waals surface area contributed by atoms with Gasteiger partial charge in [0.2, 0.25) is 0 Å². The molecule has 0 unspecified atom stereocenters. The van der Waals surface area contributed by atoms with Crippen LogP contribution in [0.1, 0.15) is 22.3 Å². The van der Waals surface area contributed by atoms with Gasteiger partial charge in [-0.15, -0.1) is 0 Å². The first-order valence-electron chi connectivity index (χ1n) is 0.400. The molecule has 0 rings (SSSR count). The quantitative estimate of drug-likeness (QED) is 0.293. The van der Waals surface area contributed by atoms with Crippen LogP contribution in [0.5, 0.6) is 0 Å². The summed E-state index contributed by atoms with van der Waals surface area (Å²) >= 11 is 0. The van der Waals surface area contributed by atoms with E-state index in [1.807, 2.05) is 0 Å². The van der Waals surface area contributed by atoms with Gasteiger partial charge in [0, 0.05) is 0 Å². The molecular formula is C3H18O5. The van der Waals surface area contributed by atoms with Gasteiger partial charge in [-0.3, -0.25) is 21.0 Å². The predicted octanol–water partition coefficient (Wildman–Crippen LogP) is 1.12. The van der Waals surface area contributed by atoms with E-state index >= 15 is 0 Å². The molecule has 6 N–H and O–H groups in total. The molecule has 5 nitrogen and oxygen atoms in total. The molecule has 0 saturated heterocycles. The summed E-state index contributed by atoms with van der Waals surface area (Å²) in [7, 11) is 0. The zero-order valence-corrected chi connectivity index (χ0v) is 2.29. The highest BCUT2D eigenvalue weighted by molar-refractivity contribution is 2.51. The van der Waals surface area contributed by atoms with Gasteiger partial charge < -0.3 is 5.48 Å². The molecule has 0 aliphatic heterocycles. The Morgan fingerprint density at radius 2 is 0.500 bits per heavy atom. The van der Waals surface area contributed by atoms with Gasteiger partial charge in [0.15, 0.2) is 0 Å². The van der Waals surface area contributed by atoms with Crippen LogP contribution in [0.25, 0.3) is 0 Å². The highest BCUT2D eigenvalue weighted by atomic mass is 17.0. The van der Waals surface area contributed by atoms with Crippen LogP contribution >= 0.6 is 0 Å². The van der Waals surface area contributed by atoms with E-state index in [9.17, 15) is 0 Å². The Balaban J connectivity index is -0.00000000167. The number of rotatable bonds is 0. The maximum Gasteiger partial charge on any atom is -0.0776 e. The van der Waals surface area contributed by atoms with Gasteiger partial charge in [-0.1, -0.05) is 22.3 Å². The lowest BCUT2D eigenvalue weighted by atomic mass is 12.0. The van der Waals surface area contributed by atoms with Crippen molar-refractivity contribution >= 4 is 0 Å². The molecule has 0 bridgehead atoms. The van der Waals surface area contributed by atoms with Crippen LogP contribution in [0, 0.1) is 0 Å². The van der Waals surface area contributed by atoms with Crippen molar-refractivity contribution < 1.29 is 26.5 Å². The summed E-state index contributed by atoms with van der Waals surface area (Å²) < 4.78 is 0. The van der Waals surface area contributed by atoms with Crippen LogP contribution in [0.4, 0.5) is 0 Å². The number of hydrogen-bond donors (Lipinski definition) is 4. The molecule has 5 heteroatoms. The Hall–Kier alpha value is -0.200. The summed E-state index contributed by atoms with van der Waals surface area (Å²) in [5.41, 5.74) is 0. The topological polar surface area (TPSA) is 112 Å². The first-order valence-corrected chi connectivity index (χ1v) is 0.400. The fourth-order valence-corrected chi connectivity index (χ4v) is 0. The van der Waals surface area contributed by atoms with Crippen LogP contribution in [0.3, 0.4) is 0 Å². The third kappa shape index (κ3) is 3340. The van der Waals surface area contributed by atoms with Crippen LogP contribution in [0.15, 0.2) is 0 Å². The average Bonchev–Trinajstić information content (AvgIpc) is 1.50. The molecule has 0 heterocycles. The molecule has 0 fully saturated rings. The monoisotopic (exact) mass is 134 g/mol. The Morgan fingerprint density at radius 1 is 0.500 bits per heavy atom. The van der Waals surface area contributed by atoms with Crippen molar-refractivity contribution in [2.24, 2.45) is 0 Å². The smallest absolute Gasteiger partial charge is 0.0776 e. The van der Waals surface area contributed by atoms with Gasteiger partial charge in [0.05, 0.1) is 0 Å². The Morgan fingerprint density at radius 3 is 0.500 bits per heavy atom. The Labute approximate surface area is 50.0 Å². The van der Waals surface area contributed by atoms with E-state index in [1.54, 1.807) is 0 Å². The van der Waals surface area contributed by atoms with E-state index in [4.69, 9.17) is 21.0 Å². The summed E-state index contributed by atoms with van der Waals surface area (Å²) in [5, 5.41) is 24.0. The minimum atomic E-state index is 0. The van der Waals surface area contributed by atoms with E-state index in [1.165, 1.54) is 0 Å². The largest absolute Gasteiger partial charge is 0.412 e. The van der Waals surface area contributed by atoms with Gasteiger partial charge in [-0.05, 0) is 0 Å². The first-order chi connectivity index (χ1) is 2.00. The summed E-state index contributed by atoms with van der Waals surface area (Å²) in [5.74, 6) is 0. The van der Waals surface area contributed by atoms with Crippen LogP contribution in [0.2, 0.25) is 0 Å². The summed E-state index contributed by atoms with van der Waals surface area (Å²) in [6.07, 6.45) is 0. The molecule has 60 valence electrons. The van der Waals surface area contributed by atoms with Crippen molar-refractivity contribution in [3.8, 4) is 0 Å². The maximum absolute atomic E-state index is 6.00. The molecular weight excluding hydrogens is 116 g/mol. The maximum atomic E-state index is 6.00. The van der Waals surface area contributed by atoms with E-state index in [-0.39, 0.29) is 27.8 Å². The highest BCUT2D eigenvalue weighted by Crippen LogP contribution is 0.713. The van der Waals surface area contributed by atoms with Crippen molar-refractivity contribution in [2.75, 3.05) is 0 Å². The molecule has 0 radical (unpaired) electrons. The Kier molecular flexibility index (Phi) is 79600. The van der Waals surface area contributed by atoms with Gasteiger partial charge in [-0.2, -0.15) is 0 Å². The molecule has 0 saturated carbocycles. The molecule has 0 atom stereocenters. The zero-order chi connectivity index (χ0) is 4.00. The highest BCUT2D eigenvalue weighted by Gasteiger charge is 0.747. The summed E-state index contributed by atoms with van der Waals surface area (Å²) in [6.45, 7) is 0. The molecule has 0 amide bonds. The fraction of sp³-hybridized carbons (Fsp3) is 1.00. The molecule has 0 aliphatic carbocycles. The van der Waals surface area contributed by atoms with Crippen molar-refractivity contribution in [2.45, 2.75) is 22.3 Å². The minimum absolute atomic E-state index is 0. The van der Waals surface area contributed by atoms with E-state index in [2.05, 4.69) is 0 Å². The second kappa shape index (κ2) is 5720. The van der Waals surface area contributed by atoms with Crippen LogP contribution in [-0.4, -0.2) is 26.5 Å². The van der Waals surface area contributed by atoms with Crippen LogP contribution in [-0.2, 0) is 0 Å². The normalized spacial score (nSPS) is 1.50. The molecule has 0 aliphatic rings. The lowest BCUT2D eigenvalue weighted by Crippen LogP contribution is -1.29. The second-order valence-corrected chi connectivity index (χ2v) is 0. The van der Waals surface area contributed by atoms with E-state index < -0.39 is 0 Å². The van der Waals surface area contributed by atoms with Crippen molar-refractivity contribution in [1.82, 2.24) is 0 Å². The van der Waals surface area contributed by atoms with Crippen molar-refractivity contribution in [3.63, 3.8) is 0 Å². The van der Waals surface area contributed by atoms with Gasteiger partial charge in [0.25, 0.3) is 0 Å². The van der Waals surface area contributed by atoms with Crippen molar-refractivity contribution in [1.29, 1.82) is 0 Å². The Bertz CT molecular complexity index is 7.64. The van der Waals surface area contributed by atoms with E-state index in [0.717, 1.165) is 0 Å².